The molecular formula is C16H24O3. The molecule has 0 unspecified atom stereocenters. The van der Waals surface area contributed by atoms with Gasteiger partial charge in [-0.3, -0.25) is 0 Å². The molecule has 0 N–H and O–H groups in total. The lowest BCUT2D eigenvalue weighted by Crippen LogP contribution is -2.45. The van der Waals surface area contributed by atoms with Crippen molar-refractivity contribution in [3.05, 3.63) is 35.9 Å². The molecule has 1 fully saturated rings. The fourth-order valence-corrected chi connectivity index (χ4v) is 2.26. The molecule has 2 rings (SSSR count). The molecule has 0 aliphatic carbocycles. The van der Waals surface area contributed by atoms with Crippen LogP contribution in [0.1, 0.15) is 32.8 Å². The van der Waals surface area contributed by atoms with E-state index in [9.17, 15) is 0 Å². The minimum Gasteiger partial charge on any atom is -0.377 e. The number of ether oxygens (including phenoxy) is 3. The van der Waals surface area contributed by atoms with E-state index in [2.05, 4.69) is 19.1 Å². The van der Waals surface area contributed by atoms with Gasteiger partial charge in [-0.2, -0.15) is 0 Å². The van der Waals surface area contributed by atoms with Crippen molar-refractivity contribution in [3.63, 3.8) is 0 Å². The lowest BCUT2D eigenvalue weighted by Gasteiger charge is -2.39. The predicted molar refractivity (Wildman–Crippen MR) is 74.8 cm³/mol. The zero-order chi connectivity index (χ0) is 13.7. The van der Waals surface area contributed by atoms with E-state index >= 15 is 0 Å². The van der Waals surface area contributed by atoms with Gasteiger partial charge in [0.25, 0.3) is 0 Å². The van der Waals surface area contributed by atoms with Crippen molar-refractivity contribution < 1.29 is 14.2 Å². The number of rotatable bonds is 5. The van der Waals surface area contributed by atoms with E-state index in [1.165, 1.54) is 5.56 Å². The summed E-state index contributed by atoms with van der Waals surface area (Å²) in [5, 5.41) is 0. The van der Waals surface area contributed by atoms with Crippen LogP contribution >= 0.6 is 0 Å². The Balaban J connectivity index is 1.70. The lowest BCUT2D eigenvalue weighted by atomic mass is 10.0. The first-order valence-electron chi connectivity index (χ1n) is 7.00. The molecule has 0 saturated carbocycles. The van der Waals surface area contributed by atoms with Crippen LogP contribution in [0.3, 0.4) is 0 Å². The van der Waals surface area contributed by atoms with Crippen LogP contribution in [-0.4, -0.2) is 25.1 Å². The van der Waals surface area contributed by atoms with Crippen LogP contribution in [0.5, 0.6) is 0 Å². The van der Waals surface area contributed by atoms with Gasteiger partial charge in [0, 0.05) is 12.5 Å². The molecule has 1 aromatic rings. The standard InChI is InChI=1S/C16H24O3/c1-13-11-18-16(2,3)19-15(13)9-10-17-12-14-7-5-4-6-8-14/h4-8,13,15H,9-12H2,1-3H3/t13-,15+/m1/s1. The summed E-state index contributed by atoms with van der Waals surface area (Å²) in [5.41, 5.74) is 1.21. The zero-order valence-electron chi connectivity index (χ0n) is 12.1. The van der Waals surface area contributed by atoms with Gasteiger partial charge in [-0.05, 0) is 25.8 Å². The summed E-state index contributed by atoms with van der Waals surface area (Å²) >= 11 is 0. The van der Waals surface area contributed by atoms with Crippen LogP contribution in [0, 0.1) is 5.92 Å². The molecule has 1 saturated heterocycles. The van der Waals surface area contributed by atoms with Gasteiger partial charge in [-0.25, -0.2) is 0 Å². The molecule has 0 spiro atoms. The lowest BCUT2D eigenvalue weighted by molar-refractivity contribution is -0.292. The van der Waals surface area contributed by atoms with E-state index in [-0.39, 0.29) is 6.10 Å². The highest BCUT2D eigenvalue weighted by atomic mass is 16.7. The van der Waals surface area contributed by atoms with Crippen LogP contribution < -0.4 is 0 Å². The summed E-state index contributed by atoms with van der Waals surface area (Å²) in [6.07, 6.45) is 1.14. The Morgan fingerprint density at radius 3 is 2.74 bits per heavy atom. The number of benzene rings is 1. The molecule has 0 aromatic heterocycles. The second-order valence-electron chi connectivity index (χ2n) is 5.67. The van der Waals surface area contributed by atoms with Crippen molar-refractivity contribution in [2.45, 2.75) is 45.7 Å². The molecule has 0 amide bonds. The van der Waals surface area contributed by atoms with Crippen molar-refractivity contribution in [1.82, 2.24) is 0 Å². The van der Waals surface area contributed by atoms with Crippen molar-refractivity contribution in [2.24, 2.45) is 5.92 Å². The molecule has 3 heteroatoms. The second-order valence-corrected chi connectivity index (χ2v) is 5.67. The Hall–Kier alpha value is -0.900. The monoisotopic (exact) mass is 264 g/mol. The van der Waals surface area contributed by atoms with Crippen molar-refractivity contribution >= 4 is 0 Å². The molecule has 0 radical (unpaired) electrons. The third kappa shape index (κ3) is 4.60. The smallest absolute Gasteiger partial charge is 0.163 e. The maximum Gasteiger partial charge on any atom is 0.163 e. The van der Waals surface area contributed by atoms with Crippen molar-refractivity contribution in [3.8, 4) is 0 Å². The van der Waals surface area contributed by atoms with Gasteiger partial charge in [-0.1, -0.05) is 37.3 Å². The van der Waals surface area contributed by atoms with E-state index < -0.39 is 5.79 Å². The Kier molecular flexibility index (Phi) is 4.97. The average Bonchev–Trinajstić information content (AvgIpc) is 2.40. The maximum absolute atomic E-state index is 5.94. The SMILES string of the molecule is C[C@@H]1COC(C)(C)O[C@H]1CCOCc1ccccc1. The zero-order valence-corrected chi connectivity index (χ0v) is 12.1. The van der Waals surface area contributed by atoms with Crippen LogP contribution in [0.15, 0.2) is 30.3 Å². The minimum absolute atomic E-state index is 0.222. The third-order valence-corrected chi connectivity index (χ3v) is 3.42. The Morgan fingerprint density at radius 1 is 1.26 bits per heavy atom. The first-order chi connectivity index (χ1) is 9.07. The van der Waals surface area contributed by atoms with Crippen LogP contribution in [0.2, 0.25) is 0 Å². The second kappa shape index (κ2) is 6.51. The summed E-state index contributed by atoms with van der Waals surface area (Å²) in [5.74, 6) is -0.0373. The molecule has 1 heterocycles. The maximum atomic E-state index is 5.94. The van der Waals surface area contributed by atoms with Gasteiger partial charge in [0.05, 0.1) is 19.3 Å². The quantitative estimate of drug-likeness (QED) is 0.763. The molecule has 1 aromatic carbocycles. The van der Waals surface area contributed by atoms with E-state index in [1.54, 1.807) is 0 Å². The molecule has 106 valence electrons. The molecule has 0 bridgehead atoms. The predicted octanol–water partition coefficient (Wildman–Crippen LogP) is 3.38. The number of hydrogen-bond acceptors (Lipinski definition) is 3. The first-order valence-corrected chi connectivity index (χ1v) is 7.00. The van der Waals surface area contributed by atoms with Gasteiger partial charge >= 0.3 is 0 Å². The molecule has 3 nitrogen and oxygen atoms in total. The van der Waals surface area contributed by atoms with Crippen LogP contribution in [0.25, 0.3) is 0 Å². The van der Waals surface area contributed by atoms with Crippen molar-refractivity contribution in [2.75, 3.05) is 13.2 Å². The highest BCUT2D eigenvalue weighted by molar-refractivity contribution is 5.13. The Morgan fingerprint density at radius 2 is 2.00 bits per heavy atom. The molecular weight excluding hydrogens is 240 g/mol. The highest BCUT2D eigenvalue weighted by Gasteiger charge is 2.33. The first kappa shape index (κ1) is 14.5. The molecule has 1 aliphatic rings. The Labute approximate surface area is 115 Å². The largest absolute Gasteiger partial charge is 0.377 e. The van der Waals surface area contributed by atoms with Gasteiger partial charge in [0.1, 0.15) is 0 Å². The highest BCUT2D eigenvalue weighted by Crippen LogP contribution is 2.27. The minimum atomic E-state index is -0.462. The normalized spacial score (nSPS) is 26.3. The van der Waals surface area contributed by atoms with Gasteiger partial charge in [-0.15, -0.1) is 0 Å². The third-order valence-electron chi connectivity index (χ3n) is 3.42. The van der Waals surface area contributed by atoms with E-state index in [1.807, 2.05) is 32.0 Å². The van der Waals surface area contributed by atoms with Gasteiger partial charge in [0.15, 0.2) is 5.79 Å². The summed E-state index contributed by atoms with van der Waals surface area (Å²) < 4.78 is 17.3. The van der Waals surface area contributed by atoms with E-state index in [0.29, 0.717) is 12.5 Å². The molecule has 2 atom stereocenters. The Bertz CT molecular complexity index is 375. The van der Waals surface area contributed by atoms with Gasteiger partial charge in [0.2, 0.25) is 0 Å². The summed E-state index contributed by atoms with van der Waals surface area (Å²) in [6.45, 7) is 8.25. The van der Waals surface area contributed by atoms with E-state index in [4.69, 9.17) is 14.2 Å². The van der Waals surface area contributed by atoms with Gasteiger partial charge < -0.3 is 14.2 Å². The van der Waals surface area contributed by atoms with E-state index in [0.717, 1.165) is 19.6 Å². The average molecular weight is 264 g/mol. The summed E-state index contributed by atoms with van der Waals surface area (Å²) in [6, 6.07) is 10.2. The van der Waals surface area contributed by atoms with Crippen LogP contribution in [-0.2, 0) is 20.8 Å². The fourth-order valence-electron chi connectivity index (χ4n) is 2.26. The van der Waals surface area contributed by atoms with Crippen LogP contribution in [0.4, 0.5) is 0 Å². The number of hydrogen-bond donors (Lipinski definition) is 0. The van der Waals surface area contributed by atoms with Crippen molar-refractivity contribution in [1.29, 1.82) is 0 Å². The topological polar surface area (TPSA) is 27.7 Å². The molecule has 19 heavy (non-hydrogen) atoms. The summed E-state index contributed by atoms with van der Waals surface area (Å²) in [4.78, 5) is 0. The summed E-state index contributed by atoms with van der Waals surface area (Å²) in [7, 11) is 0. The fraction of sp³-hybridized carbons (Fsp3) is 0.625. The molecule has 1 aliphatic heterocycles.